The number of carbonyl (C=O) groups is 2. The number of phenols is 1. The van der Waals surface area contributed by atoms with Crippen LogP contribution < -0.4 is 0 Å². The second-order valence-corrected chi connectivity index (χ2v) is 9.72. The normalized spacial score (nSPS) is 31.5. The fourth-order valence-corrected chi connectivity index (χ4v) is 6.27. The first-order valence-electron chi connectivity index (χ1n) is 11.7. The van der Waals surface area contributed by atoms with E-state index in [9.17, 15) is 35.1 Å². The van der Waals surface area contributed by atoms with Crippen LogP contribution in [0.2, 0.25) is 0 Å². The van der Waals surface area contributed by atoms with Crippen molar-refractivity contribution >= 4 is 11.6 Å². The summed E-state index contributed by atoms with van der Waals surface area (Å²) in [7, 11) is 0. The molecule has 5 N–H and O–H groups in total. The summed E-state index contributed by atoms with van der Waals surface area (Å²) in [6.07, 6.45) is -2.35. The largest absolute Gasteiger partial charge is 0.509 e. The van der Waals surface area contributed by atoms with Crippen molar-refractivity contribution in [2.45, 2.75) is 50.4 Å². The SMILES string of the molecule is CCC(O)C1=C(O)[C@@]2(O)C(O)C3C(=O)c4c(O)ccc(-c5ccccc5)c4C[C@H]3C[C@H]2CC1=O. The van der Waals surface area contributed by atoms with Crippen molar-refractivity contribution < 1.29 is 35.1 Å². The number of benzene rings is 2. The van der Waals surface area contributed by atoms with Crippen molar-refractivity contribution in [1.82, 2.24) is 0 Å². The molecular formula is C27H28O7. The first-order valence-corrected chi connectivity index (χ1v) is 11.7. The molecule has 2 aromatic carbocycles. The van der Waals surface area contributed by atoms with E-state index in [1.807, 2.05) is 30.3 Å². The van der Waals surface area contributed by atoms with Crippen molar-refractivity contribution in [3.63, 3.8) is 0 Å². The monoisotopic (exact) mass is 464 g/mol. The number of rotatable bonds is 3. The molecule has 0 heterocycles. The minimum atomic E-state index is -2.22. The molecule has 0 saturated heterocycles. The molecular weight excluding hydrogens is 436 g/mol. The molecule has 0 aromatic heterocycles. The topological polar surface area (TPSA) is 135 Å². The number of ketones is 2. The zero-order valence-corrected chi connectivity index (χ0v) is 18.8. The number of hydrogen-bond donors (Lipinski definition) is 5. The number of aliphatic hydroxyl groups excluding tert-OH is 3. The van der Waals surface area contributed by atoms with Crippen LogP contribution in [0.4, 0.5) is 0 Å². The third kappa shape index (κ3) is 3.07. The van der Waals surface area contributed by atoms with Crippen LogP contribution in [0.15, 0.2) is 53.8 Å². The highest BCUT2D eigenvalue weighted by molar-refractivity contribution is 6.05. The Labute approximate surface area is 197 Å². The fraction of sp³-hybridized carbons (Fsp3) is 0.407. The van der Waals surface area contributed by atoms with E-state index in [-0.39, 0.29) is 42.1 Å². The lowest BCUT2D eigenvalue weighted by Gasteiger charge is -2.53. The molecule has 0 amide bonds. The molecule has 7 heteroatoms. The van der Waals surface area contributed by atoms with E-state index < -0.39 is 47.0 Å². The Morgan fingerprint density at radius 3 is 2.44 bits per heavy atom. The molecule has 1 fully saturated rings. The maximum atomic E-state index is 13.7. The van der Waals surface area contributed by atoms with Gasteiger partial charge in [-0.05, 0) is 47.9 Å². The van der Waals surface area contributed by atoms with Gasteiger partial charge in [-0.25, -0.2) is 0 Å². The number of aliphatic hydroxyl groups is 4. The Morgan fingerprint density at radius 2 is 1.76 bits per heavy atom. The van der Waals surface area contributed by atoms with Gasteiger partial charge in [0.25, 0.3) is 0 Å². The van der Waals surface area contributed by atoms with Gasteiger partial charge in [0.05, 0.1) is 23.2 Å². The number of hydrogen-bond acceptors (Lipinski definition) is 7. The molecule has 0 bridgehead atoms. The first-order chi connectivity index (χ1) is 16.2. The van der Waals surface area contributed by atoms with Crippen LogP contribution in [-0.4, -0.2) is 54.9 Å². The average molecular weight is 465 g/mol. The number of aromatic hydroxyl groups is 1. The van der Waals surface area contributed by atoms with E-state index in [0.717, 1.165) is 11.1 Å². The highest BCUT2D eigenvalue weighted by Crippen LogP contribution is 2.54. The van der Waals surface area contributed by atoms with Gasteiger partial charge in [-0.2, -0.15) is 0 Å². The molecule has 0 radical (unpaired) electrons. The summed E-state index contributed by atoms with van der Waals surface area (Å²) < 4.78 is 0. The summed E-state index contributed by atoms with van der Waals surface area (Å²) in [6.45, 7) is 1.64. The Kier molecular flexibility index (Phi) is 5.39. The smallest absolute Gasteiger partial charge is 0.172 e. The number of phenolic OH excluding ortho intramolecular Hbond substituents is 1. The summed E-state index contributed by atoms with van der Waals surface area (Å²) in [6, 6.07) is 12.7. The molecule has 1 saturated carbocycles. The highest BCUT2D eigenvalue weighted by Gasteiger charge is 2.62. The standard InChI is InChI=1S/C27H28O7/c1-2-18(28)23-20(30)12-15-10-14-11-17-16(13-6-4-3-5-7-13)8-9-19(29)22(17)24(31)21(14)25(32)27(15,34)26(23)33/h3-9,14-15,18,21,25,28-29,32-34H,2,10-12H2,1H3/t14-,15+,18?,21?,25?,27+/m1/s1. The molecule has 7 nitrogen and oxygen atoms in total. The minimum Gasteiger partial charge on any atom is -0.509 e. The van der Waals surface area contributed by atoms with Crippen LogP contribution >= 0.6 is 0 Å². The van der Waals surface area contributed by atoms with Crippen LogP contribution in [0.5, 0.6) is 5.75 Å². The van der Waals surface area contributed by atoms with Gasteiger partial charge in [0.15, 0.2) is 17.2 Å². The van der Waals surface area contributed by atoms with Crippen LogP contribution in [0, 0.1) is 17.8 Å². The van der Waals surface area contributed by atoms with E-state index in [1.54, 1.807) is 13.0 Å². The molecule has 0 spiro atoms. The van der Waals surface area contributed by atoms with Crippen LogP contribution in [0.3, 0.4) is 0 Å². The minimum absolute atomic E-state index is 0.118. The third-order valence-electron chi connectivity index (χ3n) is 7.99. The average Bonchev–Trinajstić information content (AvgIpc) is 2.82. The molecule has 3 aliphatic carbocycles. The maximum Gasteiger partial charge on any atom is 0.172 e. The van der Waals surface area contributed by atoms with E-state index in [0.29, 0.717) is 12.0 Å². The van der Waals surface area contributed by atoms with E-state index in [1.165, 1.54) is 6.07 Å². The lowest BCUT2D eigenvalue weighted by Crippen LogP contribution is -2.64. The Bertz CT molecular complexity index is 1200. The van der Waals surface area contributed by atoms with E-state index >= 15 is 0 Å². The van der Waals surface area contributed by atoms with Gasteiger partial charge in [0, 0.05) is 12.3 Å². The van der Waals surface area contributed by atoms with Gasteiger partial charge in [0.1, 0.15) is 17.6 Å². The second-order valence-electron chi connectivity index (χ2n) is 9.72. The Balaban J connectivity index is 1.62. The Morgan fingerprint density at radius 1 is 1.06 bits per heavy atom. The molecule has 178 valence electrons. The van der Waals surface area contributed by atoms with Gasteiger partial charge >= 0.3 is 0 Å². The van der Waals surface area contributed by atoms with E-state index in [4.69, 9.17) is 0 Å². The molecule has 3 aliphatic rings. The third-order valence-corrected chi connectivity index (χ3v) is 7.99. The summed E-state index contributed by atoms with van der Waals surface area (Å²) in [5.41, 5.74) is -0.0141. The molecule has 3 unspecified atom stereocenters. The second kappa shape index (κ2) is 8.05. The first kappa shape index (κ1) is 22.8. The van der Waals surface area contributed by atoms with Crippen LogP contribution in [0.1, 0.15) is 42.1 Å². The summed E-state index contributed by atoms with van der Waals surface area (Å²) in [5, 5.41) is 54.6. The highest BCUT2D eigenvalue weighted by atomic mass is 16.4. The van der Waals surface area contributed by atoms with Crippen molar-refractivity contribution in [2.24, 2.45) is 17.8 Å². The zero-order chi connectivity index (χ0) is 24.4. The van der Waals surface area contributed by atoms with Gasteiger partial charge in [0.2, 0.25) is 0 Å². The predicted octanol–water partition coefficient (Wildman–Crippen LogP) is 2.70. The van der Waals surface area contributed by atoms with Crippen molar-refractivity contribution in [2.75, 3.05) is 0 Å². The van der Waals surface area contributed by atoms with Crippen molar-refractivity contribution in [3.05, 3.63) is 64.9 Å². The van der Waals surface area contributed by atoms with Gasteiger partial charge < -0.3 is 25.5 Å². The number of carbonyl (C=O) groups excluding carboxylic acids is 2. The maximum absolute atomic E-state index is 13.7. The summed E-state index contributed by atoms with van der Waals surface area (Å²) in [4.78, 5) is 26.4. The molecule has 5 rings (SSSR count). The van der Waals surface area contributed by atoms with Crippen LogP contribution in [0.25, 0.3) is 11.1 Å². The van der Waals surface area contributed by atoms with E-state index in [2.05, 4.69) is 0 Å². The fourth-order valence-electron chi connectivity index (χ4n) is 6.27. The molecule has 2 aromatic rings. The van der Waals surface area contributed by atoms with Crippen LogP contribution in [-0.2, 0) is 11.2 Å². The predicted molar refractivity (Wildman–Crippen MR) is 123 cm³/mol. The summed E-state index contributed by atoms with van der Waals surface area (Å²) in [5.74, 6) is -4.14. The van der Waals surface area contributed by atoms with Crippen molar-refractivity contribution in [3.8, 4) is 16.9 Å². The number of fused-ring (bicyclic) bond motifs is 3. The lowest BCUT2D eigenvalue weighted by molar-refractivity contribution is -0.171. The van der Waals surface area contributed by atoms with Gasteiger partial charge in [-0.3, -0.25) is 9.59 Å². The number of Topliss-reactive ketones (excluding diaryl/α,β-unsaturated/α-hetero) is 2. The molecule has 34 heavy (non-hydrogen) atoms. The van der Waals surface area contributed by atoms with Gasteiger partial charge in [-0.15, -0.1) is 0 Å². The summed E-state index contributed by atoms with van der Waals surface area (Å²) >= 11 is 0. The molecule has 0 aliphatic heterocycles. The lowest BCUT2D eigenvalue weighted by atomic mass is 9.54. The molecule has 6 atom stereocenters. The Hall–Kier alpha value is -3.00. The quantitative estimate of drug-likeness (QED) is 0.471. The van der Waals surface area contributed by atoms with Gasteiger partial charge in [-0.1, -0.05) is 43.3 Å². The zero-order valence-electron chi connectivity index (χ0n) is 18.8. The van der Waals surface area contributed by atoms with Crippen molar-refractivity contribution in [1.29, 1.82) is 0 Å².